The zero-order valence-electron chi connectivity index (χ0n) is 5.83. The van der Waals surface area contributed by atoms with Crippen molar-refractivity contribution >= 4 is 0 Å². The Balaban J connectivity index is 2.41. The molecule has 0 aromatic heterocycles. The summed E-state index contributed by atoms with van der Waals surface area (Å²) in [4.78, 5) is 3.65. The summed E-state index contributed by atoms with van der Waals surface area (Å²) in [5.41, 5.74) is 0. The van der Waals surface area contributed by atoms with Gasteiger partial charge in [0.25, 0.3) is 0 Å². The average molecular weight is 131 g/mol. The van der Waals surface area contributed by atoms with Crippen LogP contribution in [0.1, 0.15) is 0 Å². The smallest absolute Gasteiger partial charge is 0.167 e. The highest BCUT2D eigenvalue weighted by Gasteiger charge is 2.19. The van der Waals surface area contributed by atoms with E-state index >= 15 is 0 Å². The Labute approximate surface area is 55.1 Å². The fraction of sp³-hybridized carbons (Fsp3) is 1.00. The molecule has 0 aliphatic carbocycles. The predicted octanol–water partition coefficient (Wildman–Crippen LogP) is -1.36. The van der Waals surface area contributed by atoms with E-state index in [-0.39, 0.29) is 0 Å². The fourth-order valence-corrected chi connectivity index (χ4v) is 0.903. The highest BCUT2D eigenvalue weighted by molar-refractivity contribution is 4.61. The van der Waals surface area contributed by atoms with Crippen LogP contribution in [0.5, 0.6) is 0 Å². The van der Waals surface area contributed by atoms with E-state index in [0.29, 0.717) is 0 Å². The lowest BCUT2D eigenvalue weighted by atomic mass is 10.6. The summed E-state index contributed by atoms with van der Waals surface area (Å²) in [6.45, 7) is 1.51. The van der Waals surface area contributed by atoms with Gasteiger partial charge < -0.3 is 5.11 Å². The minimum Gasteiger partial charge on any atom is -0.365 e. The molecule has 0 atom stereocenters. The van der Waals surface area contributed by atoms with Crippen molar-refractivity contribution in [3.63, 3.8) is 0 Å². The van der Waals surface area contributed by atoms with E-state index in [1.807, 2.05) is 23.9 Å². The molecule has 1 heterocycles. The van der Waals surface area contributed by atoms with Gasteiger partial charge in [-0.25, -0.2) is 0 Å². The van der Waals surface area contributed by atoms with Crippen LogP contribution in [0.25, 0.3) is 0 Å². The maximum absolute atomic E-state index is 9.26. The first kappa shape index (κ1) is 6.95. The molecule has 0 radical (unpaired) electrons. The van der Waals surface area contributed by atoms with E-state index in [2.05, 4.69) is 5.32 Å². The SMILES string of the molecule is CN1CNCN(C)C1O. The number of hydrogen-bond donors (Lipinski definition) is 2. The van der Waals surface area contributed by atoms with Gasteiger partial charge in [-0.3, -0.25) is 15.1 Å². The fourth-order valence-electron chi connectivity index (χ4n) is 0.903. The molecule has 0 saturated carbocycles. The number of aliphatic hydroxyl groups excluding tert-OH is 1. The maximum atomic E-state index is 9.26. The van der Waals surface area contributed by atoms with Crippen molar-refractivity contribution in [2.24, 2.45) is 0 Å². The predicted molar refractivity (Wildman–Crippen MR) is 34.4 cm³/mol. The van der Waals surface area contributed by atoms with Gasteiger partial charge in [-0.2, -0.15) is 0 Å². The van der Waals surface area contributed by atoms with E-state index in [1.165, 1.54) is 0 Å². The molecule has 0 aromatic carbocycles. The van der Waals surface area contributed by atoms with Gasteiger partial charge in [0.15, 0.2) is 6.35 Å². The summed E-state index contributed by atoms with van der Waals surface area (Å²) in [7, 11) is 3.74. The summed E-state index contributed by atoms with van der Waals surface area (Å²) in [6.07, 6.45) is -0.425. The lowest BCUT2D eigenvalue weighted by Crippen LogP contribution is -2.56. The maximum Gasteiger partial charge on any atom is 0.167 e. The lowest BCUT2D eigenvalue weighted by molar-refractivity contribution is -0.121. The van der Waals surface area contributed by atoms with Crippen molar-refractivity contribution < 1.29 is 5.11 Å². The van der Waals surface area contributed by atoms with Crippen LogP contribution < -0.4 is 5.32 Å². The number of nitrogens with one attached hydrogen (secondary N) is 1. The number of hydrogen-bond acceptors (Lipinski definition) is 4. The van der Waals surface area contributed by atoms with Crippen molar-refractivity contribution in [2.45, 2.75) is 6.35 Å². The van der Waals surface area contributed by atoms with Gasteiger partial charge in [0.2, 0.25) is 0 Å². The van der Waals surface area contributed by atoms with Crippen LogP contribution in [-0.4, -0.2) is 48.7 Å². The summed E-state index contributed by atoms with van der Waals surface area (Å²) in [5, 5.41) is 12.4. The molecule has 1 rings (SSSR count). The average Bonchev–Trinajstić information content (AvgIpc) is 1.83. The first-order valence-electron chi connectivity index (χ1n) is 3.01. The summed E-state index contributed by atoms with van der Waals surface area (Å²) < 4.78 is 0. The number of aliphatic hydroxyl groups is 1. The van der Waals surface area contributed by atoms with Crippen LogP contribution in [0, 0.1) is 0 Å². The van der Waals surface area contributed by atoms with Gasteiger partial charge in [-0.15, -0.1) is 0 Å². The molecular weight excluding hydrogens is 118 g/mol. The van der Waals surface area contributed by atoms with Crippen LogP contribution in [0.3, 0.4) is 0 Å². The third kappa shape index (κ3) is 1.40. The first-order chi connectivity index (χ1) is 4.22. The van der Waals surface area contributed by atoms with Crippen molar-refractivity contribution in [3.05, 3.63) is 0 Å². The Hall–Kier alpha value is -0.160. The standard InChI is InChI=1S/C5H13N3O/c1-7-3-6-4-8(2)5(7)9/h5-6,9H,3-4H2,1-2H3. The Morgan fingerprint density at radius 3 is 2.11 bits per heavy atom. The van der Waals surface area contributed by atoms with Crippen LogP contribution >= 0.6 is 0 Å². The van der Waals surface area contributed by atoms with E-state index in [4.69, 9.17) is 0 Å². The van der Waals surface area contributed by atoms with E-state index in [0.717, 1.165) is 13.3 Å². The molecule has 1 aliphatic heterocycles. The molecule has 0 unspecified atom stereocenters. The third-order valence-electron chi connectivity index (χ3n) is 1.51. The number of rotatable bonds is 0. The van der Waals surface area contributed by atoms with Crippen molar-refractivity contribution in [1.82, 2.24) is 15.1 Å². The first-order valence-corrected chi connectivity index (χ1v) is 3.01. The second-order valence-corrected chi connectivity index (χ2v) is 2.43. The zero-order valence-corrected chi connectivity index (χ0v) is 5.83. The summed E-state index contributed by atoms with van der Waals surface area (Å²) in [6, 6.07) is 0. The molecule has 0 bridgehead atoms. The van der Waals surface area contributed by atoms with E-state index in [9.17, 15) is 5.11 Å². The van der Waals surface area contributed by atoms with Crippen molar-refractivity contribution in [1.29, 1.82) is 0 Å². The Morgan fingerprint density at radius 1 is 1.33 bits per heavy atom. The van der Waals surface area contributed by atoms with Gasteiger partial charge in [-0.05, 0) is 14.1 Å². The second kappa shape index (κ2) is 2.62. The Kier molecular flexibility index (Phi) is 2.02. The zero-order chi connectivity index (χ0) is 6.85. The van der Waals surface area contributed by atoms with Crippen molar-refractivity contribution in [3.8, 4) is 0 Å². The summed E-state index contributed by atoms with van der Waals surface area (Å²) >= 11 is 0. The molecule has 2 N–H and O–H groups in total. The molecule has 0 aromatic rings. The van der Waals surface area contributed by atoms with Crippen LogP contribution in [0.2, 0.25) is 0 Å². The van der Waals surface area contributed by atoms with Crippen LogP contribution in [0.4, 0.5) is 0 Å². The summed E-state index contributed by atoms with van der Waals surface area (Å²) in [5.74, 6) is 0. The van der Waals surface area contributed by atoms with Crippen LogP contribution in [0.15, 0.2) is 0 Å². The van der Waals surface area contributed by atoms with E-state index < -0.39 is 6.35 Å². The normalized spacial score (nSPS) is 27.0. The molecule has 1 aliphatic rings. The molecule has 4 nitrogen and oxygen atoms in total. The Bertz CT molecular complexity index is 88.2. The minimum atomic E-state index is -0.425. The Morgan fingerprint density at radius 2 is 1.78 bits per heavy atom. The van der Waals surface area contributed by atoms with Crippen molar-refractivity contribution in [2.75, 3.05) is 27.4 Å². The number of nitrogens with zero attached hydrogens (tertiary/aromatic N) is 2. The molecule has 0 amide bonds. The van der Waals surface area contributed by atoms with E-state index in [1.54, 1.807) is 0 Å². The molecule has 4 heteroatoms. The molecule has 0 spiro atoms. The molecule has 9 heavy (non-hydrogen) atoms. The van der Waals surface area contributed by atoms with Gasteiger partial charge in [0, 0.05) is 0 Å². The highest BCUT2D eigenvalue weighted by Crippen LogP contribution is 1.98. The largest absolute Gasteiger partial charge is 0.365 e. The van der Waals surface area contributed by atoms with Gasteiger partial charge in [0.05, 0.1) is 13.3 Å². The van der Waals surface area contributed by atoms with Gasteiger partial charge in [-0.1, -0.05) is 0 Å². The van der Waals surface area contributed by atoms with Crippen LogP contribution in [-0.2, 0) is 0 Å². The molecule has 54 valence electrons. The topological polar surface area (TPSA) is 38.7 Å². The van der Waals surface area contributed by atoms with Gasteiger partial charge in [0.1, 0.15) is 0 Å². The third-order valence-corrected chi connectivity index (χ3v) is 1.51. The highest BCUT2D eigenvalue weighted by atomic mass is 16.3. The quantitative estimate of drug-likeness (QED) is 0.426. The lowest BCUT2D eigenvalue weighted by Gasteiger charge is -2.36. The molecule has 1 fully saturated rings. The van der Waals surface area contributed by atoms with Gasteiger partial charge >= 0.3 is 0 Å². The second-order valence-electron chi connectivity index (χ2n) is 2.43. The minimum absolute atomic E-state index is 0.425. The monoisotopic (exact) mass is 131 g/mol. The molecule has 1 saturated heterocycles. The molecular formula is C5H13N3O.